The highest BCUT2D eigenvalue weighted by Gasteiger charge is 2.18. The van der Waals surface area contributed by atoms with Crippen LogP contribution >= 0.6 is 23.1 Å². The van der Waals surface area contributed by atoms with Crippen LogP contribution in [0, 0.1) is 10.1 Å². The first kappa shape index (κ1) is 16.4. The summed E-state index contributed by atoms with van der Waals surface area (Å²) in [5.41, 5.74) is 1.04. The first-order valence-electron chi connectivity index (χ1n) is 7.49. The molecule has 2 aromatic carbocycles. The van der Waals surface area contributed by atoms with E-state index in [-0.39, 0.29) is 10.6 Å². The maximum absolute atomic E-state index is 13.0. The molecular weight excluding hydrogens is 372 g/mol. The summed E-state index contributed by atoms with van der Waals surface area (Å²) in [6.07, 6.45) is 1.21. The molecule has 7 nitrogen and oxygen atoms in total. The Labute approximate surface area is 155 Å². The Bertz CT molecular complexity index is 1170. The van der Waals surface area contributed by atoms with Crippen molar-refractivity contribution in [1.82, 2.24) is 14.5 Å². The van der Waals surface area contributed by atoms with Gasteiger partial charge in [0.2, 0.25) is 0 Å². The Morgan fingerprint density at radius 1 is 1.08 bits per heavy atom. The zero-order valence-electron chi connectivity index (χ0n) is 13.1. The second kappa shape index (κ2) is 6.70. The number of nitrogens with zero attached hydrogens (tertiary/aromatic N) is 4. The van der Waals surface area contributed by atoms with Gasteiger partial charge in [0, 0.05) is 0 Å². The van der Waals surface area contributed by atoms with Crippen LogP contribution in [0.4, 0.5) is 5.00 Å². The van der Waals surface area contributed by atoms with E-state index in [2.05, 4.69) is 9.97 Å². The van der Waals surface area contributed by atoms with E-state index in [1.165, 1.54) is 10.8 Å². The van der Waals surface area contributed by atoms with Crippen molar-refractivity contribution in [1.29, 1.82) is 0 Å². The standard InChI is InChI=1S/C17H10N4O3S2/c22-15-12-8-4-5-9-13(12)19-16(20(15)11-6-2-1-3-7-11)26-17-18-10-14(25-17)21(23)24/h1-10H. The van der Waals surface area contributed by atoms with Crippen molar-refractivity contribution in [2.24, 2.45) is 0 Å². The fourth-order valence-corrected chi connectivity index (χ4v) is 4.24. The van der Waals surface area contributed by atoms with Gasteiger partial charge < -0.3 is 0 Å². The molecule has 2 heterocycles. The molecule has 0 aliphatic heterocycles. The lowest BCUT2D eigenvalue weighted by Gasteiger charge is -2.12. The van der Waals surface area contributed by atoms with E-state index < -0.39 is 4.92 Å². The van der Waals surface area contributed by atoms with Crippen LogP contribution in [-0.2, 0) is 0 Å². The topological polar surface area (TPSA) is 90.9 Å². The van der Waals surface area contributed by atoms with Gasteiger partial charge in [-0.2, -0.15) is 0 Å². The largest absolute Gasteiger partial charge is 0.344 e. The van der Waals surface area contributed by atoms with E-state index in [0.717, 1.165) is 23.1 Å². The molecule has 9 heteroatoms. The van der Waals surface area contributed by atoms with Crippen LogP contribution in [0.15, 0.2) is 75.1 Å². The lowest BCUT2D eigenvalue weighted by Crippen LogP contribution is -2.21. The fraction of sp³-hybridized carbons (Fsp3) is 0. The molecule has 4 aromatic rings. The molecule has 0 aliphatic carbocycles. The Morgan fingerprint density at radius 2 is 1.81 bits per heavy atom. The van der Waals surface area contributed by atoms with Crippen LogP contribution in [0.5, 0.6) is 0 Å². The molecule has 0 N–H and O–H groups in total. The number of thiazole rings is 1. The number of para-hydroxylation sites is 2. The van der Waals surface area contributed by atoms with Crippen molar-refractivity contribution in [3.63, 3.8) is 0 Å². The zero-order valence-corrected chi connectivity index (χ0v) is 14.7. The van der Waals surface area contributed by atoms with Gasteiger partial charge in [-0.3, -0.25) is 19.5 Å². The van der Waals surface area contributed by atoms with Crippen molar-refractivity contribution in [2.45, 2.75) is 9.50 Å². The van der Waals surface area contributed by atoms with Gasteiger partial charge in [-0.1, -0.05) is 30.3 Å². The SMILES string of the molecule is O=c1c2ccccc2nc(Sc2ncc([N+](=O)[O-])s2)n1-c1ccccc1. The third-order valence-electron chi connectivity index (χ3n) is 3.59. The summed E-state index contributed by atoms with van der Waals surface area (Å²) in [6.45, 7) is 0. The zero-order chi connectivity index (χ0) is 18.1. The van der Waals surface area contributed by atoms with Crippen LogP contribution in [0.2, 0.25) is 0 Å². The molecule has 4 rings (SSSR count). The van der Waals surface area contributed by atoms with Gasteiger partial charge in [0.1, 0.15) is 6.20 Å². The van der Waals surface area contributed by atoms with Crippen molar-refractivity contribution < 1.29 is 4.92 Å². The molecule has 0 unspecified atom stereocenters. The number of hydrogen-bond donors (Lipinski definition) is 0. The molecule has 0 amide bonds. The molecule has 26 heavy (non-hydrogen) atoms. The maximum atomic E-state index is 13.0. The molecule has 0 aliphatic rings. The predicted octanol–water partition coefficient (Wildman–Crippen LogP) is 3.90. The van der Waals surface area contributed by atoms with E-state index >= 15 is 0 Å². The minimum atomic E-state index is -0.486. The first-order chi connectivity index (χ1) is 12.6. The lowest BCUT2D eigenvalue weighted by molar-refractivity contribution is -0.380. The number of fused-ring (bicyclic) bond motifs is 1. The maximum Gasteiger partial charge on any atom is 0.344 e. The first-order valence-corrected chi connectivity index (χ1v) is 9.12. The molecule has 0 fully saturated rings. The van der Waals surface area contributed by atoms with Gasteiger partial charge >= 0.3 is 5.00 Å². The lowest BCUT2D eigenvalue weighted by atomic mass is 10.2. The number of hydrogen-bond acceptors (Lipinski definition) is 7. The highest BCUT2D eigenvalue weighted by molar-refractivity contribution is 8.01. The molecule has 0 atom stereocenters. The summed E-state index contributed by atoms with van der Waals surface area (Å²) in [5, 5.41) is 11.7. The Kier molecular flexibility index (Phi) is 4.23. The quantitative estimate of drug-likeness (QED) is 0.302. The van der Waals surface area contributed by atoms with E-state index in [4.69, 9.17) is 0 Å². The fourth-order valence-electron chi connectivity index (χ4n) is 2.45. The van der Waals surface area contributed by atoms with E-state index in [1.54, 1.807) is 18.2 Å². The summed E-state index contributed by atoms with van der Waals surface area (Å²) in [5.74, 6) is 0. The van der Waals surface area contributed by atoms with Crippen molar-refractivity contribution in [3.05, 3.63) is 81.3 Å². The Balaban J connectivity index is 1.91. The minimum Gasteiger partial charge on any atom is -0.268 e. The molecule has 0 radical (unpaired) electrons. The van der Waals surface area contributed by atoms with Crippen LogP contribution in [-0.4, -0.2) is 19.5 Å². The van der Waals surface area contributed by atoms with Crippen molar-refractivity contribution in [3.8, 4) is 5.69 Å². The normalized spacial score (nSPS) is 10.9. The van der Waals surface area contributed by atoms with Gasteiger partial charge in [-0.15, -0.1) is 0 Å². The van der Waals surface area contributed by atoms with Gasteiger partial charge in [-0.25, -0.2) is 9.97 Å². The Hall–Kier alpha value is -3.04. The molecule has 0 bridgehead atoms. The van der Waals surface area contributed by atoms with E-state index in [0.29, 0.717) is 26.1 Å². The molecule has 2 aromatic heterocycles. The highest BCUT2D eigenvalue weighted by atomic mass is 32.2. The van der Waals surface area contributed by atoms with Crippen molar-refractivity contribution >= 4 is 39.0 Å². The average Bonchev–Trinajstić information content (AvgIpc) is 3.12. The van der Waals surface area contributed by atoms with Gasteiger partial charge in [-0.05, 0) is 47.4 Å². The average molecular weight is 382 g/mol. The van der Waals surface area contributed by atoms with Crippen LogP contribution in [0.25, 0.3) is 16.6 Å². The van der Waals surface area contributed by atoms with Crippen LogP contribution in [0.3, 0.4) is 0 Å². The summed E-state index contributed by atoms with van der Waals surface area (Å²) >= 11 is 2.08. The Morgan fingerprint density at radius 3 is 2.54 bits per heavy atom. The highest BCUT2D eigenvalue weighted by Crippen LogP contribution is 2.34. The van der Waals surface area contributed by atoms with Gasteiger partial charge in [0.05, 0.1) is 21.5 Å². The smallest absolute Gasteiger partial charge is 0.268 e. The van der Waals surface area contributed by atoms with Crippen LogP contribution in [0.1, 0.15) is 0 Å². The van der Waals surface area contributed by atoms with E-state index in [9.17, 15) is 14.9 Å². The number of benzene rings is 2. The second-order valence-corrected chi connectivity index (χ2v) is 7.43. The molecule has 0 spiro atoms. The van der Waals surface area contributed by atoms with Crippen LogP contribution < -0.4 is 5.56 Å². The summed E-state index contributed by atoms with van der Waals surface area (Å²) in [7, 11) is 0. The predicted molar refractivity (Wildman–Crippen MR) is 100 cm³/mol. The van der Waals surface area contributed by atoms with Gasteiger partial charge in [0.15, 0.2) is 9.50 Å². The molecular formula is C17H10N4O3S2. The minimum absolute atomic E-state index is 0.0538. The number of nitro groups is 1. The summed E-state index contributed by atoms with van der Waals surface area (Å²) in [4.78, 5) is 32.1. The molecule has 128 valence electrons. The second-order valence-electron chi connectivity index (χ2n) is 5.21. The monoisotopic (exact) mass is 382 g/mol. The number of rotatable bonds is 4. The molecule has 0 saturated heterocycles. The number of aromatic nitrogens is 3. The van der Waals surface area contributed by atoms with E-state index in [1.807, 2.05) is 36.4 Å². The van der Waals surface area contributed by atoms with Crippen molar-refractivity contribution in [2.75, 3.05) is 0 Å². The summed E-state index contributed by atoms with van der Waals surface area (Å²) < 4.78 is 1.95. The summed E-state index contributed by atoms with van der Waals surface area (Å²) in [6, 6.07) is 16.2. The molecule has 0 saturated carbocycles. The third-order valence-corrected chi connectivity index (χ3v) is 5.57. The van der Waals surface area contributed by atoms with Gasteiger partial charge in [0.25, 0.3) is 5.56 Å². The third kappa shape index (κ3) is 2.98.